The van der Waals surface area contributed by atoms with E-state index in [9.17, 15) is 4.79 Å². The standard InChI is InChI=1S/C17H22N4O2/c1-12(2)19-16-9-8-14(20-21-16)17(22)18-11-10-13-6-4-5-7-15(13)23-3/h4-9,12H,10-11H2,1-3H3,(H,18,22)(H,19,21). The zero-order chi connectivity index (χ0) is 16.7. The van der Waals surface area contributed by atoms with E-state index in [4.69, 9.17) is 4.74 Å². The van der Waals surface area contributed by atoms with Gasteiger partial charge in [-0.3, -0.25) is 4.79 Å². The first-order valence-electron chi connectivity index (χ1n) is 7.60. The van der Waals surface area contributed by atoms with Gasteiger partial charge < -0.3 is 15.4 Å². The second kappa shape index (κ2) is 8.12. The van der Waals surface area contributed by atoms with E-state index < -0.39 is 0 Å². The van der Waals surface area contributed by atoms with Crippen molar-refractivity contribution in [1.29, 1.82) is 0 Å². The number of benzene rings is 1. The lowest BCUT2D eigenvalue weighted by Gasteiger charge is -2.10. The van der Waals surface area contributed by atoms with Crippen LogP contribution in [0.4, 0.5) is 5.82 Å². The largest absolute Gasteiger partial charge is 0.496 e. The number of aromatic nitrogens is 2. The lowest BCUT2D eigenvalue weighted by atomic mass is 10.1. The maximum Gasteiger partial charge on any atom is 0.271 e. The summed E-state index contributed by atoms with van der Waals surface area (Å²) < 4.78 is 5.29. The van der Waals surface area contributed by atoms with Gasteiger partial charge in [0.2, 0.25) is 0 Å². The van der Waals surface area contributed by atoms with Gasteiger partial charge in [-0.2, -0.15) is 0 Å². The van der Waals surface area contributed by atoms with Crippen molar-refractivity contribution in [2.75, 3.05) is 19.0 Å². The van der Waals surface area contributed by atoms with E-state index in [0.29, 0.717) is 24.5 Å². The first kappa shape index (κ1) is 16.7. The van der Waals surface area contributed by atoms with E-state index in [1.54, 1.807) is 19.2 Å². The van der Waals surface area contributed by atoms with Gasteiger partial charge in [-0.1, -0.05) is 18.2 Å². The molecule has 0 spiro atoms. The number of nitrogens with zero attached hydrogens (tertiary/aromatic N) is 2. The summed E-state index contributed by atoms with van der Waals surface area (Å²) in [4.78, 5) is 12.1. The summed E-state index contributed by atoms with van der Waals surface area (Å²) in [5, 5.41) is 13.9. The molecule has 2 rings (SSSR count). The summed E-state index contributed by atoms with van der Waals surface area (Å²) in [6.45, 7) is 4.53. The highest BCUT2D eigenvalue weighted by Gasteiger charge is 2.09. The van der Waals surface area contributed by atoms with E-state index in [1.807, 2.05) is 38.1 Å². The zero-order valence-corrected chi connectivity index (χ0v) is 13.7. The van der Waals surface area contributed by atoms with Crippen molar-refractivity contribution in [2.45, 2.75) is 26.3 Å². The Bertz CT molecular complexity index is 641. The fourth-order valence-corrected chi connectivity index (χ4v) is 2.14. The normalized spacial score (nSPS) is 10.4. The quantitative estimate of drug-likeness (QED) is 0.820. The minimum atomic E-state index is -0.233. The van der Waals surface area contributed by atoms with E-state index in [0.717, 1.165) is 11.3 Å². The topological polar surface area (TPSA) is 76.1 Å². The Labute approximate surface area is 136 Å². The van der Waals surface area contributed by atoms with Crippen LogP contribution in [0.2, 0.25) is 0 Å². The number of carbonyl (C=O) groups is 1. The van der Waals surface area contributed by atoms with Crippen molar-refractivity contribution in [2.24, 2.45) is 0 Å². The Morgan fingerprint density at radius 3 is 2.61 bits per heavy atom. The Hall–Kier alpha value is -2.63. The second-order valence-corrected chi connectivity index (χ2v) is 5.42. The third-order valence-electron chi connectivity index (χ3n) is 3.21. The van der Waals surface area contributed by atoms with E-state index in [-0.39, 0.29) is 11.9 Å². The molecule has 2 N–H and O–H groups in total. The van der Waals surface area contributed by atoms with Crippen LogP contribution in [-0.4, -0.2) is 35.8 Å². The van der Waals surface area contributed by atoms with Crippen LogP contribution in [0.5, 0.6) is 5.75 Å². The minimum absolute atomic E-state index is 0.233. The van der Waals surface area contributed by atoms with Crippen LogP contribution in [0.15, 0.2) is 36.4 Å². The maximum atomic E-state index is 12.1. The smallest absolute Gasteiger partial charge is 0.271 e. The lowest BCUT2D eigenvalue weighted by molar-refractivity contribution is 0.0948. The van der Waals surface area contributed by atoms with Crippen LogP contribution in [0, 0.1) is 0 Å². The Balaban J connectivity index is 1.87. The molecule has 2 aromatic rings. The number of para-hydroxylation sites is 1. The number of rotatable bonds is 7. The highest BCUT2D eigenvalue weighted by atomic mass is 16.5. The summed E-state index contributed by atoms with van der Waals surface area (Å²) >= 11 is 0. The van der Waals surface area contributed by atoms with Gasteiger partial charge in [0.05, 0.1) is 7.11 Å². The molecule has 1 aromatic heterocycles. The van der Waals surface area contributed by atoms with E-state index >= 15 is 0 Å². The Morgan fingerprint density at radius 2 is 1.96 bits per heavy atom. The summed E-state index contributed by atoms with van der Waals surface area (Å²) in [7, 11) is 1.64. The molecule has 0 bridgehead atoms. The predicted molar refractivity (Wildman–Crippen MR) is 89.8 cm³/mol. The molecule has 0 saturated carbocycles. The van der Waals surface area contributed by atoms with Gasteiger partial charge in [0.1, 0.15) is 11.6 Å². The number of ether oxygens (including phenoxy) is 1. The number of anilines is 1. The molecule has 0 radical (unpaired) electrons. The van der Waals surface area contributed by atoms with Crippen LogP contribution in [-0.2, 0) is 6.42 Å². The summed E-state index contributed by atoms with van der Waals surface area (Å²) in [6, 6.07) is 11.4. The van der Waals surface area contributed by atoms with E-state index in [2.05, 4.69) is 20.8 Å². The van der Waals surface area contributed by atoms with Gasteiger partial charge in [-0.15, -0.1) is 10.2 Å². The molecule has 0 aliphatic carbocycles. The van der Waals surface area contributed by atoms with Crippen molar-refractivity contribution >= 4 is 11.7 Å². The lowest BCUT2D eigenvalue weighted by Crippen LogP contribution is -2.27. The number of nitrogens with one attached hydrogen (secondary N) is 2. The number of hydrogen-bond donors (Lipinski definition) is 2. The average Bonchev–Trinajstić information content (AvgIpc) is 2.55. The summed E-state index contributed by atoms with van der Waals surface area (Å²) in [5.74, 6) is 1.25. The Kier molecular flexibility index (Phi) is 5.91. The molecule has 1 amide bonds. The van der Waals surface area contributed by atoms with Crippen molar-refractivity contribution < 1.29 is 9.53 Å². The maximum absolute atomic E-state index is 12.1. The summed E-state index contributed by atoms with van der Waals surface area (Å²) in [6.07, 6.45) is 0.691. The molecule has 122 valence electrons. The predicted octanol–water partition coefficient (Wildman–Crippen LogP) is 2.28. The molecule has 23 heavy (non-hydrogen) atoms. The molecule has 1 heterocycles. The molecular weight excluding hydrogens is 292 g/mol. The second-order valence-electron chi connectivity index (χ2n) is 5.42. The number of carbonyl (C=O) groups excluding carboxylic acids is 1. The molecule has 0 unspecified atom stereocenters. The fraction of sp³-hybridized carbons (Fsp3) is 0.353. The van der Waals surface area contributed by atoms with Gasteiger partial charge in [0, 0.05) is 12.6 Å². The molecule has 0 fully saturated rings. The van der Waals surface area contributed by atoms with Crippen LogP contribution in [0.25, 0.3) is 0 Å². The van der Waals surface area contributed by atoms with Crippen molar-refractivity contribution in [1.82, 2.24) is 15.5 Å². The van der Waals surface area contributed by atoms with E-state index in [1.165, 1.54) is 0 Å². The molecular formula is C17H22N4O2. The van der Waals surface area contributed by atoms with Crippen LogP contribution >= 0.6 is 0 Å². The molecule has 0 atom stereocenters. The molecule has 6 heteroatoms. The van der Waals surface area contributed by atoms with Gasteiger partial charge in [0.15, 0.2) is 5.69 Å². The van der Waals surface area contributed by atoms with Crippen molar-refractivity contribution in [3.63, 3.8) is 0 Å². The summed E-state index contributed by atoms with van der Waals surface area (Å²) in [5.41, 5.74) is 1.36. The van der Waals surface area contributed by atoms with Gasteiger partial charge >= 0.3 is 0 Å². The first-order chi connectivity index (χ1) is 11.1. The van der Waals surface area contributed by atoms with Gasteiger partial charge in [-0.05, 0) is 44.0 Å². The average molecular weight is 314 g/mol. The molecule has 0 saturated heterocycles. The molecule has 0 aliphatic rings. The van der Waals surface area contributed by atoms with Gasteiger partial charge in [-0.25, -0.2) is 0 Å². The van der Waals surface area contributed by atoms with Crippen molar-refractivity contribution in [3.05, 3.63) is 47.7 Å². The van der Waals surface area contributed by atoms with Gasteiger partial charge in [0.25, 0.3) is 5.91 Å². The minimum Gasteiger partial charge on any atom is -0.496 e. The van der Waals surface area contributed by atoms with Crippen LogP contribution in [0.3, 0.4) is 0 Å². The van der Waals surface area contributed by atoms with Crippen molar-refractivity contribution in [3.8, 4) is 5.75 Å². The fourth-order valence-electron chi connectivity index (χ4n) is 2.14. The molecule has 1 aromatic carbocycles. The third kappa shape index (κ3) is 4.95. The number of amides is 1. The molecule has 0 aliphatic heterocycles. The molecule has 6 nitrogen and oxygen atoms in total. The number of methoxy groups -OCH3 is 1. The highest BCUT2D eigenvalue weighted by molar-refractivity contribution is 5.92. The Morgan fingerprint density at radius 1 is 1.17 bits per heavy atom. The zero-order valence-electron chi connectivity index (χ0n) is 13.7. The van der Waals surface area contributed by atoms with Crippen LogP contribution in [0.1, 0.15) is 29.9 Å². The third-order valence-corrected chi connectivity index (χ3v) is 3.21. The number of hydrogen-bond acceptors (Lipinski definition) is 5. The SMILES string of the molecule is COc1ccccc1CCNC(=O)c1ccc(NC(C)C)nn1. The van der Waals surface area contributed by atoms with Crippen LogP contribution < -0.4 is 15.4 Å². The first-order valence-corrected chi connectivity index (χ1v) is 7.60. The monoisotopic (exact) mass is 314 g/mol. The highest BCUT2D eigenvalue weighted by Crippen LogP contribution is 2.17.